The van der Waals surface area contributed by atoms with E-state index in [0.29, 0.717) is 31.1 Å². The van der Waals surface area contributed by atoms with Crippen LogP contribution in [0.2, 0.25) is 5.02 Å². The first-order chi connectivity index (χ1) is 9.62. The molecule has 20 heavy (non-hydrogen) atoms. The van der Waals surface area contributed by atoms with E-state index in [-0.39, 0.29) is 17.6 Å². The fraction of sp³-hybridized carbons (Fsp3) is 0.533. The fourth-order valence-electron chi connectivity index (χ4n) is 3.89. The maximum absolute atomic E-state index is 12.5. The Morgan fingerprint density at radius 3 is 2.70 bits per heavy atom. The molecule has 106 valence electrons. The summed E-state index contributed by atoms with van der Waals surface area (Å²) in [6.45, 7) is 1.08. The minimum atomic E-state index is -0.802. The van der Waals surface area contributed by atoms with Crippen molar-refractivity contribution in [2.75, 3.05) is 13.2 Å². The summed E-state index contributed by atoms with van der Waals surface area (Å²) in [5, 5.41) is 0.244. The van der Waals surface area contributed by atoms with Crippen LogP contribution in [-0.2, 0) is 20.7 Å². The van der Waals surface area contributed by atoms with E-state index in [0.717, 1.165) is 11.1 Å². The molecule has 3 nitrogen and oxygen atoms in total. The SMILES string of the molecule is O=C1[C@H](Cl)C[C@@H]2c3ccc(Cl)cc3C[C@H]1C21OCCO1. The van der Waals surface area contributed by atoms with Gasteiger partial charge in [-0.25, -0.2) is 0 Å². The highest BCUT2D eigenvalue weighted by atomic mass is 35.5. The van der Waals surface area contributed by atoms with Gasteiger partial charge in [-0.05, 0) is 36.1 Å². The molecule has 1 saturated carbocycles. The number of hydrogen-bond donors (Lipinski definition) is 0. The first-order valence-corrected chi connectivity index (χ1v) is 7.67. The Kier molecular flexibility index (Phi) is 2.90. The zero-order valence-corrected chi connectivity index (χ0v) is 12.3. The Morgan fingerprint density at radius 1 is 1.20 bits per heavy atom. The van der Waals surface area contributed by atoms with Crippen molar-refractivity contribution in [3.8, 4) is 0 Å². The van der Waals surface area contributed by atoms with E-state index >= 15 is 0 Å². The summed E-state index contributed by atoms with van der Waals surface area (Å²) in [4.78, 5) is 12.5. The van der Waals surface area contributed by atoms with Crippen LogP contribution in [0.1, 0.15) is 23.5 Å². The van der Waals surface area contributed by atoms with Crippen molar-refractivity contribution in [2.24, 2.45) is 5.92 Å². The second-order valence-electron chi connectivity index (χ2n) is 5.68. The van der Waals surface area contributed by atoms with Gasteiger partial charge in [-0.3, -0.25) is 4.79 Å². The van der Waals surface area contributed by atoms with Crippen LogP contribution in [0.3, 0.4) is 0 Å². The minimum absolute atomic E-state index is 0.0104. The Bertz CT molecular complexity index is 580. The van der Waals surface area contributed by atoms with Gasteiger partial charge in [0.2, 0.25) is 0 Å². The lowest BCUT2D eigenvalue weighted by atomic mass is 9.64. The van der Waals surface area contributed by atoms with Crippen LogP contribution in [0.15, 0.2) is 18.2 Å². The molecule has 4 rings (SSSR count). The van der Waals surface area contributed by atoms with E-state index in [4.69, 9.17) is 32.7 Å². The summed E-state index contributed by atoms with van der Waals surface area (Å²) in [7, 11) is 0. The van der Waals surface area contributed by atoms with E-state index in [1.54, 1.807) is 0 Å². The topological polar surface area (TPSA) is 35.5 Å². The first-order valence-electron chi connectivity index (χ1n) is 6.86. The number of carbonyl (C=O) groups excluding carboxylic acids is 1. The van der Waals surface area contributed by atoms with Gasteiger partial charge in [0.05, 0.1) is 24.5 Å². The molecule has 0 amide bonds. The molecule has 1 aromatic carbocycles. The maximum Gasteiger partial charge on any atom is 0.185 e. The molecule has 3 atom stereocenters. The highest BCUT2D eigenvalue weighted by molar-refractivity contribution is 6.32. The van der Waals surface area contributed by atoms with Crippen LogP contribution in [0, 0.1) is 5.92 Å². The van der Waals surface area contributed by atoms with Crippen molar-refractivity contribution in [3.63, 3.8) is 0 Å². The summed E-state index contributed by atoms with van der Waals surface area (Å²) in [5.41, 5.74) is 2.28. The van der Waals surface area contributed by atoms with Gasteiger partial charge in [0.15, 0.2) is 11.6 Å². The smallest absolute Gasteiger partial charge is 0.185 e. The summed E-state index contributed by atoms with van der Waals surface area (Å²) in [6, 6.07) is 5.84. The molecule has 0 N–H and O–H groups in total. The van der Waals surface area contributed by atoms with Gasteiger partial charge >= 0.3 is 0 Å². The Labute approximate surface area is 127 Å². The van der Waals surface area contributed by atoms with Crippen molar-refractivity contribution in [1.29, 1.82) is 0 Å². The lowest BCUT2D eigenvalue weighted by Gasteiger charge is -2.49. The van der Waals surface area contributed by atoms with Crippen LogP contribution in [-0.4, -0.2) is 30.2 Å². The highest BCUT2D eigenvalue weighted by Crippen LogP contribution is 2.54. The lowest BCUT2D eigenvalue weighted by Crippen LogP contribution is -2.58. The third kappa shape index (κ3) is 1.64. The number of halogens is 2. The van der Waals surface area contributed by atoms with Crippen LogP contribution < -0.4 is 0 Å². The molecule has 0 aromatic heterocycles. The van der Waals surface area contributed by atoms with Gasteiger partial charge in [-0.1, -0.05) is 17.7 Å². The maximum atomic E-state index is 12.5. The molecule has 2 bridgehead atoms. The van der Waals surface area contributed by atoms with Crippen LogP contribution in [0.4, 0.5) is 0 Å². The number of fused-ring (bicyclic) bond motifs is 2. The lowest BCUT2D eigenvalue weighted by molar-refractivity contribution is -0.224. The standard InChI is InChI=1S/C15H14Cl2O3/c16-9-1-2-10-8(5-9)6-12-14(18)13(17)7-11(10)15(12)19-3-4-20-15/h1-2,5,11-13H,3-4,6-7H2/t11-,12-,13-/m1/s1. The van der Waals surface area contributed by atoms with Crippen molar-refractivity contribution in [3.05, 3.63) is 34.3 Å². The third-order valence-corrected chi connectivity index (χ3v) is 5.34. The fourth-order valence-corrected chi connectivity index (χ4v) is 4.42. The van der Waals surface area contributed by atoms with Gasteiger partial charge in [0, 0.05) is 10.9 Å². The number of alkyl halides is 1. The largest absolute Gasteiger partial charge is 0.346 e. The quantitative estimate of drug-likeness (QED) is 0.691. The molecule has 3 aliphatic rings. The van der Waals surface area contributed by atoms with E-state index in [9.17, 15) is 4.79 Å². The van der Waals surface area contributed by atoms with Gasteiger partial charge in [0.25, 0.3) is 0 Å². The molecule has 2 aliphatic carbocycles. The zero-order valence-electron chi connectivity index (χ0n) is 10.8. The van der Waals surface area contributed by atoms with Crippen molar-refractivity contribution in [1.82, 2.24) is 0 Å². The molecular weight excluding hydrogens is 299 g/mol. The average Bonchev–Trinajstić information content (AvgIpc) is 2.89. The average molecular weight is 313 g/mol. The number of rotatable bonds is 0. The monoisotopic (exact) mass is 312 g/mol. The normalized spacial score (nSPS) is 34.3. The van der Waals surface area contributed by atoms with E-state index in [2.05, 4.69) is 0 Å². The first kappa shape index (κ1) is 13.1. The van der Waals surface area contributed by atoms with Crippen molar-refractivity contribution >= 4 is 29.0 Å². The number of Topliss-reactive ketones (excluding diaryl/α,β-unsaturated/α-hetero) is 1. The van der Waals surface area contributed by atoms with Gasteiger partial charge < -0.3 is 9.47 Å². The summed E-state index contributed by atoms with van der Waals surface area (Å²) < 4.78 is 11.8. The number of ketones is 1. The van der Waals surface area contributed by atoms with Gasteiger partial charge in [0.1, 0.15) is 0 Å². The van der Waals surface area contributed by atoms with E-state index < -0.39 is 11.2 Å². The predicted octanol–water partition coefficient (Wildman–Crippen LogP) is 2.92. The molecule has 0 unspecified atom stereocenters. The summed E-state index contributed by atoms with van der Waals surface area (Å²) >= 11 is 12.3. The van der Waals surface area contributed by atoms with Crippen LogP contribution in [0.25, 0.3) is 0 Å². The second kappa shape index (κ2) is 4.44. The van der Waals surface area contributed by atoms with Crippen molar-refractivity contribution < 1.29 is 14.3 Å². The Morgan fingerprint density at radius 2 is 1.95 bits per heavy atom. The van der Waals surface area contributed by atoms with E-state index in [1.807, 2.05) is 18.2 Å². The molecule has 1 heterocycles. The Balaban J connectivity index is 1.89. The second-order valence-corrected chi connectivity index (χ2v) is 6.64. The highest BCUT2D eigenvalue weighted by Gasteiger charge is 2.61. The summed E-state index contributed by atoms with van der Waals surface area (Å²) in [5.74, 6) is -1.08. The molecule has 0 radical (unpaired) electrons. The van der Waals surface area contributed by atoms with Crippen molar-refractivity contribution in [2.45, 2.75) is 29.9 Å². The van der Waals surface area contributed by atoms with Crippen LogP contribution >= 0.6 is 23.2 Å². The summed E-state index contributed by atoms with van der Waals surface area (Å²) in [6.07, 6.45) is 1.15. The number of hydrogen-bond acceptors (Lipinski definition) is 3. The zero-order chi connectivity index (χ0) is 13.9. The predicted molar refractivity (Wildman–Crippen MR) is 75.3 cm³/mol. The molecule has 2 fully saturated rings. The number of benzene rings is 1. The number of carbonyl (C=O) groups is 1. The third-order valence-electron chi connectivity index (χ3n) is 4.71. The minimum Gasteiger partial charge on any atom is -0.346 e. The molecule has 1 aliphatic heterocycles. The Hall–Kier alpha value is -0.610. The van der Waals surface area contributed by atoms with Gasteiger partial charge in [-0.15, -0.1) is 11.6 Å². The van der Waals surface area contributed by atoms with Gasteiger partial charge in [-0.2, -0.15) is 0 Å². The molecule has 1 spiro atoms. The van der Waals surface area contributed by atoms with Crippen LogP contribution in [0.5, 0.6) is 0 Å². The van der Waals surface area contributed by atoms with E-state index in [1.165, 1.54) is 0 Å². The number of ether oxygens (including phenoxy) is 2. The molecular formula is C15H14Cl2O3. The molecule has 1 saturated heterocycles. The molecule has 1 aromatic rings. The molecule has 5 heteroatoms.